The fourth-order valence-electron chi connectivity index (χ4n) is 2.06. The summed E-state index contributed by atoms with van der Waals surface area (Å²) in [6.07, 6.45) is 2.05. The molecule has 1 unspecified atom stereocenters. The minimum atomic E-state index is -0.779. The number of hydrogen-bond donors (Lipinski definition) is 1. The molecular formula is C15H14BrFN2O. The molecule has 0 radical (unpaired) electrons. The highest BCUT2D eigenvalue weighted by atomic mass is 79.9. The van der Waals surface area contributed by atoms with Crippen molar-refractivity contribution in [3.05, 3.63) is 65.2 Å². The minimum absolute atomic E-state index is 0.117. The lowest BCUT2D eigenvalue weighted by molar-refractivity contribution is 0.0996. The van der Waals surface area contributed by atoms with E-state index in [0.717, 1.165) is 5.56 Å². The van der Waals surface area contributed by atoms with E-state index in [2.05, 4.69) is 20.9 Å². The molecule has 2 aromatic rings. The number of aromatic nitrogens is 1. The summed E-state index contributed by atoms with van der Waals surface area (Å²) in [6, 6.07) is 11.1. The second-order valence-electron chi connectivity index (χ2n) is 4.46. The van der Waals surface area contributed by atoms with Crippen molar-refractivity contribution in [3.8, 4) is 0 Å². The third kappa shape index (κ3) is 3.22. The summed E-state index contributed by atoms with van der Waals surface area (Å²) >= 11 is 3.38. The SMILES string of the molecule is NC(=O)c1ccnc(C(CBr)Cc2ccccc2)c1F. The summed E-state index contributed by atoms with van der Waals surface area (Å²) < 4.78 is 14.3. The van der Waals surface area contributed by atoms with E-state index >= 15 is 0 Å². The molecule has 1 atom stereocenters. The lowest BCUT2D eigenvalue weighted by Crippen LogP contribution is -2.17. The van der Waals surface area contributed by atoms with Crippen LogP contribution in [0.1, 0.15) is 27.5 Å². The van der Waals surface area contributed by atoms with Crippen molar-refractivity contribution in [2.75, 3.05) is 5.33 Å². The van der Waals surface area contributed by atoms with Gasteiger partial charge < -0.3 is 5.73 Å². The van der Waals surface area contributed by atoms with Gasteiger partial charge in [0.2, 0.25) is 0 Å². The zero-order chi connectivity index (χ0) is 14.5. The van der Waals surface area contributed by atoms with Crippen LogP contribution in [-0.4, -0.2) is 16.2 Å². The molecule has 2 N–H and O–H groups in total. The highest BCUT2D eigenvalue weighted by molar-refractivity contribution is 9.09. The number of pyridine rings is 1. The van der Waals surface area contributed by atoms with Crippen molar-refractivity contribution < 1.29 is 9.18 Å². The average molecular weight is 337 g/mol. The van der Waals surface area contributed by atoms with Crippen LogP contribution in [0.3, 0.4) is 0 Å². The molecule has 1 aromatic heterocycles. The molecular weight excluding hydrogens is 323 g/mol. The topological polar surface area (TPSA) is 56.0 Å². The first-order chi connectivity index (χ1) is 9.63. The Balaban J connectivity index is 2.33. The lowest BCUT2D eigenvalue weighted by Gasteiger charge is -2.15. The van der Waals surface area contributed by atoms with Gasteiger partial charge in [-0.25, -0.2) is 4.39 Å². The normalized spacial score (nSPS) is 12.1. The maximum absolute atomic E-state index is 14.3. The number of nitrogens with zero attached hydrogens (tertiary/aromatic N) is 1. The number of carbonyl (C=O) groups excluding carboxylic acids is 1. The largest absolute Gasteiger partial charge is 0.366 e. The Morgan fingerprint density at radius 3 is 2.60 bits per heavy atom. The van der Waals surface area contributed by atoms with E-state index in [1.807, 2.05) is 30.3 Å². The Kier molecular flexibility index (Phi) is 4.84. The number of nitrogens with two attached hydrogens (primary N) is 1. The van der Waals surface area contributed by atoms with Crippen molar-refractivity contribution in [3.63, 3.8) is 0 Å². The summed E-state index contributed by atoms with van der Waals surface area (Å²) in [5.74, 6) is -1.56. The number of amides is 1. The van der Waals surface area contributed by atoms with Gasteiger partial charge in [-0.1, -0.05) is 46.3 Å². The van der Waals surface area contributed by atoms with Crippen molar-refractivity contribution in [2.45, 2.75) is 12.3 Å². The number of benzene rings is 1. The van der Waals surface area contributed by atoms with E-state index in [1.54, 1.807) is 0 Å². The van der Waals surface area contributed by atoms with Gasteiger partial charge in [-0.05, 0) is 18.1 Å². The molecule has 20 heavy (non-hydrogen) atoms. The second-order valence-corrected chi connectivity index (χ2v) is 5.11. The zero-order valence-electron chi connectivity index (χ0n) is 10.7. The molecule has 0 aliphatic carbocycles. The average Bonchev–Trinajstić information content (AvgIpc) is 2.46. The van der Waals surface area contributed by atoms with E-state index in [1.165, 1.54) is 12.3 Å². The maximum Gasteiger partial charge on any atom is 0.251 e. The van der Waals surface area contributed by atoms with Crippen LogP contribution in [-0.2, 0) is 6.42 Å². The van der Waals surface area contributed by atoms with Gasteiger partial charge in [-0.2, -0.15) is 0 Å². The summed E-state index contributed by atoms with van der Waals surface area (Å²) in [7, 11) is 0. The molecule has 0 bridgehead atoms. The van der Waals surface area contributed by atoms with Crippen molar-refractivity contribution >= 4 is 21.8 Å². The van der Waals surface area contributed by atoms with Crippen LogP contribution < -0.4 is 5.73 Å². The smallest absolute Gasteiger partial charge is 0.251 e. The van der Waals surface area contributed by atoms with Gasteiger partial charge in [0.1, 0.15) is 0 Å². The highest BCUT2D eigenvalue weighted by Crippen LogP contribution is 2.25. The van der Waals surface area contributed by atoms with Crippen LogP contribution in [0.2, 0.25) is 0 Å². The van der Waals surface area contributed by atoms with E-state index < -0.39 is 11.7 Å². The fraction of sp³-hybridized carbons (Fsp3) is 0.200. The number of primary amides is 1. The first-order valence-electron chi connectivity index (χ1n) is 6.17. The maximum atomic E-state index is 14.3. The molecule has 3 nitrogen and oxygen atoms in total. The quantitative estimate of drug-likeness (QED) is 0.853. The van der Waals surface area contributed by atoms with Gasteiger partial charge in [0.15, 0.2) is 5.82 Å². The Labute approximate surface area is 125 Å². The molecule has 0 saturated heterocycles. The molecule has 0 fully saturated rings. The number of halogens is 2. The third-order valence-corrected chi connectivity index (χ3v) is 3.86. The summed E-state index contributed by atoms with van der Waals surface area (Å²) in [6.45, 7) is 0. The first-order valence-corrected chi connectivity index (χ1v) is 7.29. The standard InChI is InChI=1S/C15H14BrFN2O/c16-9-11(8-10-4-2-1-3-5-10)14-13(17)12(15(18)20)6-7-19-14/h1-7,11H,8-9H2,(H2,18,20). The number of rotatable bonds is 5. The molecule has 5 heteroatoms. The molecule has 0 spiro atoms. The Morgan fingerprint density at radius 1 is 1.30 bits per heavy atom. The van der Waals surface area contributed by atoms with Gasteiger partial charge in [-0.15, -0.1) is 0 Å². The predicted molar refractivity (Wildman–Crippen MR) is 79.4 cm³/mol. The van der Waals surface area contributed by atoms with E-state index in [-0.39, 0.29) is 17.2 Å². The van der Waals surface area contributed by atoms with Crippen LogP contribution in [0.4, 0.5) is 4.39 Å². The Hall–Kier alpha value is -1.75. The van der Waals surface area contributed by atoms with Crippen LogP contribution in [0.25, 0.3) is 0 Å². The molecule has 1 amide bonds. The second kappa shape index (κ2) is 6.61. The monoisotopic (exact) mass is 336 g/mol. The highest BCUT2D eigenvalue weighted by Gasteiger charge is 2.21. The Bertz CT molecular complexity index is 604. The molecule has 2 rings (SSSR count). The van der Waals surface area contributed by atoms with Gasteiger partial charge in [0.25, 0.3) is 5.91 Å². The number of carbonyl (C=O) groups is 1. The molecule has 0 aliphatic rings. The first kappa shape index (κ1) is 14.7. The molecule has 1 heterocycles. The molecule has 0 saturated carbocycles. The number of hydrogen-bond acceptors (Lipinski definition) is 2. The summed E-state index contributed by atoms with van der Waals surface area (Å²) in [5.41, 5.74) is 6.39. The molecule has 104 valence electrons. The Morgan fingerprint density at radius 2 is 2.00 bits per heavy atom. The van der Waals surface area contributed by atoms with Crippen LogP contribution in [0.15, 0.2) is 42.6 Å². The van der Waals surface area contributed by atoms with Crippen molar-refractivity contribution in [2.24, 2.45) is 5.73 Å². The van der Waals surface area contributed by atoms with Gasteiger partial charge in [0.05, 0.1) is 11.3 Å². The van der Waals surface area contributed by atoms with Crippen molar-refractivity contribution in [1.82, 2.24) is 4.98 Å². The minimum Gasteiger partial charge on any atom is -0.366 e. The van der Waals surface area contributed by atoms with Crippen molar-refractivity contribution in [1.29, 1.82) is 0 Å². The van der Waals surface area contributed by atoms with E-state index in [9.17, 15) is 9.18 Å². The molecule has 0 aliphatic heterocycles. The van der Waals surface area contributed by atoms with Gasteiger partial charge in [0, 0.05) is 17.4 Å². The summed E-state index contributed by atoms with van der Waals surface area (Å²) in [4.78, 5) is 15.3. The van der Waals surface area contributed by atoms with Crippen LogP contribution in [0, 0.1) is 5.82 Å². The van der Waals surface area contributed by atoms with E-state index in [0.29, 0.717) is 11.8 Å². The summed E-state index contributed by atoms with van der Waals surface area (Å²) in [5, 5.41) is 0.550. The predicted octanol–water partition coefficient (Wildman–Crippen LogP) is 3.04. The fourth-order valence-corrected chi connectivity index (χ4v) is 2.59. The zero-order valence-corrected chi connectivity index (χ0v) is 12.3. The van der Waals surface area contributed by atoms with Crippen LogP contribution >= 0.6 is 15.9 Å². The molecule has 1 aromatic carbocycles. The van der Waals surface area contributed by atoms with Crippen LogP contribution in [0.5, 0.6) is 0 Å². The number of alkyl halides is 1. The van der Waals surface area contributed by atoms with Gasteiger partial charge in [-0.3, -0.25) is 9.78 Å². The van der Waals surface area contributed by atoms with Gasteiger partial charge >= 0.3 is 0 Å². The lowest BCUT2D eigenvalue weighted by atomic mass is 9.96. The third-order valence-electron chi connectivity index (χ3n) is 3.08. The van der Waals surface area contributed by atoms with E-state index in [4.69, 9.17) is 5.73 Å².